The highest BCUT2D eigenvalue weighted by atomic mass is 35.5. The minimum absolute atomic E-state index is 0.243. The van der Waals surface area contributed by atoms with Crippen LogP contribution in [0.5, 0.6) is 0 Å². The summed E-state index contributed by atoms with van der Waals surface area (Å²) in [6, 6.07) is 7.77. The summed E-state index contributed by atoms with van der Waals surface area (Å²) in [5.41, 5.74) is -0.598. The van der Waals surface area contributed by atoms with Crippen LogP contribution in [-0.4, -0.2) is 47.9 Å². The van der Waals surface area contributed by atoms with Crippen LogP contribution in [0.4, 0.5) is 0 Å². The van der Waals surface area contributed by atoms with Gasteiger partial charge in [-0.2, -0.15) is 5.26 Å². The van der Waals surface area contributed by atoms with Gasteiger partial charge >= 0.3 is 5.97 Å². The number of hydrogen-bond donors (Lipinski definition) is 1. The third-order valence-corrected chi connectivity index (χ3v) is 5.39. The number of carbonyl (C=O) groups excluding carboxylic acids is 3. The Bertz CT molecular complexity index is 784. The van der Waals surface area contributed by atoms with E-state index in [1.54, 1.807) is 31.3 Å². The van der Waals surface area contributed by atoms with Crippen molar-refractivity contribution >= 4 is 29.4 Å². The fraction of sp³-hybridized carbons (Fsp3) is 0.500. The van der Waals surface area contributed by atoms with Crippen LogP contribution in [0.25, 0.3) is 0 Å². The van der Waals surface area contributed by atoms with Gasteiger partial charge in [0.25, 0.3) is 11.8 Å². The zero-order chi connectivity index (χ0) is 20.7. The Morgan fingerprint density at radius 1 is 1.29 bits per heavy atom. The summed E-state index contributed by atoms with van der Waals surface area (Å²) < 4.78 is 5.05. The molecule has 7 nitrogen and oxygen atoms in total. The third kappa shape index (κ3) is 5.02. The molecule has 0 radical (unpaired) electrons. The topological polar surface area (TPSA) is 99.5 Å². The Labute approximate surface area is 169 Å². The van der Waals surface area contributed by atoms with E-state index in [0.29, 0.717) is 12.8 Å². The monoisotopic (exact) mass is 405 g/mol. The largest absolute Gasteiger partial charge is 0.454 e. The summed E-state index contributed by atoms with van der Waals surface area (Å²) in [7, 11) is 1.56. The average Bonchev–Trinajstić information content (AvgIpc) is 2.71. The standard InChI is InChI=1S/C20H24ClN3O4/c1-14(23-18(26)15-8-4-5-9-16(15)21)19(27)28-12-17(25)24(2)20(13-22)10-6-3-7-11-20/h4-5,8-9,14H,3,6-7,10-12H2,1-2H3,(H,23,26)/t14-/m0/s1. The lowest BCUT2D eigenvalue weighted by Gasteiger charge is -2.38. The number of hydrogen-bond acceptors (Lipinski definition) is 5. The number of amides is 2. The normalized spacial score (nSPS) is 16.4. The van der Waals surface area contributed by atoms with Crippen molar-refractivity contribution in [2.24, 2.45) is 0 Å². The summed E-state index contributed by atoms with van der Waals surface area (Å²) in [6.45, 7) is 0.980. The highest BCUT2D eigenvalue weighted by Crippen LogP contribution is 2.32. The van der Waals surface area contributed by atoms with Gasteiger partial charge in [-0.1, -0.05) is 43.0 Å². The minimum Gasteiger partial charge on any atom is -0.454 e. The van der Waals surface area contributed by atoms with Crippen molar-refractivity contribution in [2.45, 2.75) is 50.6 Å². The number of ether oxygens (including phenoxy) is 1. The minimum atomic E-state index is -0.957. The molecule has 1 saturated carbocycles. The summed E-state index contributed by atoms with van der Waals surface area (Å²) >= 11 is 5.97. The van der Waals surface area contributed by atoms with E-state index in [1.165, 1.54) is 11.8 Å². The first-order valence-electron chi connectivity index (χ1n) is 9.20. The zero-order valence-corrected chi connectivity index (χ0v) is 16.8. The Kier molecular flexibility index (Phi) is 7.41. The quantitative estimate of drug-likeness (QED) is 0.733. The van der Waals surface area contributed by atoms with E-state index in [2.05, 4.69) is 11.4 Å². The van der Waals surface area contributed by atoms with Gasteiger partial charge in [-0.15, -0.1) is 0 Å². The molecule has 1 N–H and O–H groups in total. The number of rotatable bonds is 6. The molecule has 0 bridgehead atoms. The van der Waals surface area contributed by atoms with Crippen LogP contribution < -0.4 is 5.32 Å². The van der Waals surface area contributed by atoms with Gasteiger partial charge in [0.05, 0.1) is 16.7 Å². The molecule has 2 amide bonds. The second kappa shape index (κ2) is 9.56. The lowest BCUT2D eigenvalue weighted by atomic mass is 9.81. The van der Waals surface area contributed by atoms with E-state index in [9.17, 15) is 19.6 Å². The van der Waals surface area contributed by atoms with Crippen molar-refractivity contribution in [3.63, 3.8) is 0 Å². The molecule has 2 rings (SSSR count). The maximum Gasteiger partial charge on any atom is 0.328 e. The molecular formula is C20H24ClN3O4. The van der Waals surface area contributed by atoms with E-state index >= 15 is 0 Å². The first-order chi connectivity index (χ1) is 13.3. The molecule has 1 atom stereocenters. The molecule has 1 aromatic carbocycles. The SMILES string of the molecule is C[C@H](NC(=O)c1ccccc1Cl)C(=O)OCC(=O)N(C)C1(C#N)CCCCC1. The van der Waals surface area contributed by atoms with Crippen LogP contribution in [0, 0.1) is 11.3 Å². The molecule has 0 aliphatic heterocycles. The van der Waals surface area contributed by atoms with Crippen LogP contribution >= 0.6 is 11.6 Å². The van der Waals surface area contributed by atoms with Crippen LogP contribution in [0.15, 0.2) is 24.3 Å². The molecule has 0 unspecified atom stereocenters. The van der Waals surface area contributed by atoms with Gasteiger partial charge in [-0.25, -0.2) is 4.79 Å². The zero-order valence-electron chi connectivity index (χ0n) is 16.0. The summed E-state index contributed by atoms with van der Waals surface area (Å²) in [6.07, 6.45) is 4.04. The lowest BCUT2D eigenvalue weighted by Crippen LogP contribution is -2.51. The maximum absolute atomic E-state index is 12.4. The van der Waals surface area contributed by atoms with Crippen LogP contribution in [0.1, 0.15) is 49.4 Å². The molecule has 1 fully saturated rings. The van der Waals surface area contributed by atoms with Gasteiger partial charge in [-0.05, 0) is 31.9 Å². The van der Waals surface area contributed by atoms with Crippen molar-refractivity contribution < 1.29 is 19.1 Å². The second-order valence-corrected chi connectivity index (χ2v) is 7.35. The summed E-state index contributed by atoms with van der Waals surface area (Å²) in [5.74, 6) is -1.69. The number of halogens is 1. The Hall–Kier alpha value is -2.59. The van der Waals surface area contributed by atoms with Gasteiger partial charge in [-0.3, -0.25) is 9.59 Å². The van der Waals surface area contributed by atoms with Crippen LogP contribution in [0.2, 0.25) is 5.02 Å². The van der Waals surface area contributed by atoms with Crippen molar-refractivity contribution in [1.29, 1.82) is 5.26 Å². The van der Waals surface area contributed by atoms with Gasteiger partial charge < -0.3 is 15.0 Å². The smallest absolute Gasteiger partial charge is 0.328 e. The van der Waals surface area contributed by atoms with Gasteiger partial charge in [0, 0.05) is 7.05 Å². The number of benzene rings is 1. The maximum atomic E-state index is 12.4. The predicted molar refractivity (Wildman–Crippen MR) is 104 cm³/mol. The molecule has 0 spiro atoms. The lowest BCUT2D eigenvalue weighted by molar-refractivity contribution is -0.154. The van der Waals surface area contributed by atoms with Gasteiger partial charge in [0.2, 0.25) is 0 Å². The van der Waals surface area contributed by atoms with Crippen molar-refractivity contribution in [2.75, 3.05) is 13.7 Å². The van der Waals surface area contributed by atoms with Crippen molar-refractivity contribution in [3.05, 3.63) is 34.9 Å². The number of nitriles is 1. The van der Waals surface area contributed by atoms with E-state index in [4.69, 9.17) is 16.3 Å². The van der Waals surface area contributed by atoms with Gasteiger partial charge in [0.15, 0.2) is 6.61 Å². The Balaban J connectivity index is 1.88. The first kappa shape index (κ1) is 21.7. The van der Waals surface area contributed by atoms with Crippen LogP contribution in [-0.2, 0) is 14.3 Å². The number of nitrogens with zero attached hydrogens (tertiary/aromatic N) is 2. The molecule has 1 aliphatic carbocycles. The fourth-order valence-corrected chi connectivity index (χ4v) is 3.45. The average molecular weight is 406 g/mol. The predicted octanol–water partition coefficient (Wildman–Crippen LogP) is 2.69. The number of esters is 1. The van der Waals surface area contributed by atoms with E-state index < -0.39 is 36.0 Å². The second-order valence-electron chi connectivity index (χ2n) is 6.94. The third-order valence-electron chi connectivity index (χ3n) is 5.06. The fourth-order valence-electron chi connectivity index (χ4n) is 3.23. The van der Waals surface area contributed by atoms with Crippen molar-refractivity contribution in [1.82, 2.24) is 10.2 Å². The number of nitrogens with one attached hydrogen (secondary N) is 1. The number of likely N-dealkylation sites (N-methyl/N-ethyl adjacent to an activating group) is 1. The summed E-state index contributed by atoms with van der Waals surface area (Å²) in [4.78, 5) is 38.1. The molecule has 0 saturated heterocycles. The summed E-state index contributed by atoms with van der Waals surface area (Å²) in [5, 5.41) is 12.3. The Morgan fingerprint density at radius 2 is 1.93 bits per heavy atom. The Morgan fingerprint density at radius 3 is 2.54 bits per heavy atom. The molecule has 8 heteroatoms. The molecule has 150 valence electrons. The highest BCUT2D eigenvalue weighted by Gasteiger charge is 2.39. The van der Waals surface area contributed by atoms with E-state index in [1.807, 2.05) is 0 Å². The molecule has 1 aromatic rings. The number of carbonyl (C=O) groups is 3. The first-order valence-corrected chi connectivity index (χ1v) is 9.58. The molecule has 28 heavy (non-hydrogen) atoms. The molecular weight excluding hydrogens is 382 g/mol. The van der Waals surface area contributed by atoms with E-state index in [-0.39, 0.29) is 10.6 Å². The van der Waals surface area contributed by atoms with Crippen molar-refractivity contribution in [3.8, 4) is 6.07 Å². The molecule has 1 aliphatic rings. The molecule has 0 heterocycles. The van der Waals surface area contributed by atoms with Gasteiger partial charge in [0.1, 0.15) is 11.6 Å². The van der Waals surface area contributed by atoms with Crippen LogP contribution in [0.3, 0.4) is 0 Å². The van der Waals surface area contributed by atoms with E-state index in [0.717, 1.165) is 19.3 Å². The highest BCUT2D eigenvalue weighted by molar-refractivity contribution is 6.33. The molecule has 0 aromatic heterocycles.